The van der Waals surface area contributed by atoms with Crippen LogP contribution in [0.1, 0.15) is 44.5 Å². The molecule has 0 saturated carbocycles. The van der Waals surface area contributed by atoms with Gasteiger partial charge in [-0.15, -0.1) is 11.3 Å². The molecule has 0 unspecified atom stereocenters. The van der Waals surface area contributed by atoms with E-state index in [4.69, 9.17) is 0 Å². The quantitative estimate of drug-likeness (QED) is 0.870. The number of nitrogens with one attached hydrogen (secondary N) is 1. The number of carbonyl (C=O) groups is 1. The fourth-order valence-electron chi connectivity index (χ4n) is 3.26. The molecule has 24 heavy (non-hydrogen) atoms. The van der Waals surface area contributed by atoms with E-state index in [-0.39, 0.29) is 11.4 Å². The van der Waals surface area contributed by atoms with E-state index < -0.39 is 0 Å². The van der Waals surface area contributed by atoms with Crippen LogP contribution in [0, 0.1) is 0 Å². The lowest BCUT2D eigenvalue weighted by Crippen LogP contribution is -2.53. The molecule has 5 heteroatoms. The summed E-state index contributed by atoms with van der Waals surface area (Å²) in [6.07, 6.45) is 5.11. The van der Waals surface area contributed by atoms with Crippen molar-refractivity contribution < 1.29 is 4.79 Å². The number of nitrogens with zero attached hydrogens (tertiary/aromatic N) is 2. The topological polar surface area (TPSA) is 45.2 Å². The molecule has 2 aromatic rings. The Morgan fingerprint density at radius 3 is 2.75 bits per heavy atom. The molecule has 1 N–H and O–H groups in total. The van der Waals surface area contributed by atoms with E-state index in [1.165, 1.54) is 24.0 Å². The summed E-state index contributed by atoms with van der Waals surface area (Å²) in [7, 11) is 0. The maximum atomic E-state index is 12.2. The zero-order valence-electron chi connectivity index (χ0n) is 14.7. The zero-order chi connectivity index (χ0) is 17.0. The van der Waals surface area contributed by atoms with Crippen LogP contribution in [-0.4, -0.2) is 41.0 Å². The summed E-state index contributed by atoms with van der Waals surface area (Å²) in [5, 5.41) is 4.16. The number of aryl methyl sites for hydroxylation is 1. The third kappa shape index (κ3) is 4.33. The van der Waals surface area contributed by atoms with Crippen molar-refractivity contribution in [1.82, 2.24) is 15.2 Å². The highest BCUT2D eigenvalue weighted by molar-refractivity contribution is 7.18. The van der Waals surface area contributed by atoms with Crippen molar-refractivity contribution in [3.63, 3.8) is 0 Å². The Kier molecular flexibility index (Phi) is 5.51. The number of thiazole rings is 1. The number of hydrogen-bond donors (Lipinski definition) is 1. The standard InChI is InChI=1S/C19H27N3OS/c1-19(2,22-12-6-3-7-13-22)14-20-17(23)10-11-18-21-15-8-4-5-9-16(15)24-18/h4-5,8-9H,3,6-7,10-14H2,1-2H3,(H,20,23). The third-order valence-corrected chi connectivity index (χ3v) is 5.93. The number of piperidine rings is 1. The van der Waals surface area contributed by atoms with Crippen molar-refractivity contribution >= 4 is 27.5 Å². The van der Waals surface area contributed by atoms with Crippen LogP contribution in [0.25, 0.3) is 10.2 Å². The van der Waals surface area contributed by atoms with Crippen LogP contribution in [0.5, 0.6) is 0 Å². The van der Waals surface area contributed by atoms with E-state index in [1.807, 2.05) is 18.2 Å². The number of benzene rings is 1. The maximum absolute atomic E-state index is 12.2. The van der Waals surface area contributed by atoms with Crippen molar-refractivity contribution in [1.29, 1.82) is 0 Å². The summed E-state index contributed by atoms with van der Waals surface area (Å²) in [6, 6.07) is 8.13. The van der Waals surface area contributed by atoms with Crippen LogP contribution in [0.15, 0.2) is 24.3 Å². The van der Waals surface area contributed by atoms with Gasteiger partial charge in [0.15, 0.2) is 0 Å². The average molecular weight is 346 g/mol. The molecule has 1 aromatic carbocycles. The number of aromatic nitrogens is 1. The number of fused-ring (bicyclic) bond motifs is 1. The largest absolute Gasteiger partial charge is 0.354 e. The van der Waals surface area contributed by atoms with E-state index >= 15 is 0 Å². The molecule has 1 fully saturated rings. The van der Waals surface area contributed by atoms with Crippen LogP contribution in [0.4, 0.5) is 0 Å². The number of carbonyl (C=O) groups excluding carboxylic acids is 1. The molecule has 4 nitrogen and oxygen atoms in total. The molecule has 1 aliphatic heterocycles. The Hall–Kier alpha value is -1.46. The van der Waals surface area contributed by atoms with Gasteiger partial charge >= 0.3 is 0 Å². The molecular formula is C19H27N3OS. The van der Waals surface area contributed by atoms with Gasteiger partial charge in [-0.1, -0.05) is 18.6 Å². The second kappa shape index (κ2) is 7.62. The van der Waals surface area contributed by atoms with Gasteiger partial charge in [0.1, 0.15) is 0 Å². The highest BCUT2D eigenvalue weighted by Gasteiger charge is 2.28. The summed E-state index contributed by atoms with van der Waals surface area (Å²) in [5.41, 5.74) is 1.07. The molecular weight excluding hydrogens is 318 g/mol. The lowest BCUT2D eigenvalue weighted by molar-refractivity contribution is -0.121. The Labute approximate surface area is 148 Å². The second-order valence-electron chi connectivity index (χ2n) is 7.21. The lowest BCUT2D eigenvalue weighted by Gasteiger charge is -2.41. The van der Waals surface area contributed by atoms with Crippen molar-refractivity contribution in [2.24, 2.45) is 0 Å². The Bertz CT molecular complexity index is 656. The van der Waals surface area contributed by atoms with Gasteiger partial charge in [0.25, 0.3) is 0 Å². The van der Waals surface area contributed by atoms with Crippen LogP contribution in [0.3, 0.4) is 0 Å². The van der Waals surface area contributed by atoms with Gasteiger partial charge in [0, 0.05) is 24.9 Å². The molecule has 1 saturated heterocycles. The molecule has 130 valence electrons. The van der Waals surface area contributed by atoms with E-state index in [0.29, 0.717) is 13.0 Å². The molecule has 2 heterocycles. The first-order valence-corrected chi connectivity index (χ1v) is 9.72. The van der Waals surface area contributed by atoms with E-state index in [2.05, 4.69) is 35.1 Å². The number of likely N-dealkylation sites (tertiary alicyclic amines) is 1. The predicted molar refractivity (Wildman–Crippen MR) is 100 cm³/mol. The summed E-state index contributed by atoms with van der Waals surface area (Å²) < 4.78 is 1.19. The van der Waals surface area contributed by atoms with Crippen molar-refractivity contribution in [3.05, 3.63) is 29.3 Å². The molecule has 1 aromatic heterocycles. The second-order valence-corrected chi connectivity index (χ2v) is 8.33. The van der Waals surface area contributed by atoms with Gasteiger partial charge < -0.3 is 5.32 Å². The molecule has 3 rings (SSSR count). The molecule has 1 amide bonds. The van der Waals surface area contributed by atoms with Crippen LogP contribution in [-0.2, 0) is 11.2 Å². The third-order valence-electron chi connectivity index (χ3n) is 4.83. The van der Waals surface area contributed by atoms with Gasteiger partial charge in [-0.25, -0.2) is 4.98 Å². The average Bonchev–Trinajstić information content (AvgIpc) is 3.02. The van der Waals surface area contributed by atoms with Gasteiger partial charge in [0.2, 0.25) is 5.91 Å². The first-order chi connectivity index (χ1) is 11.5. The Balaban J connectivity index is 1.46. The zero-order valence-corrected chi connectivity index (χ0v) is 15.5. The van der Waals surface area contributed by atoms with Crippen molar-refractivity contribution in [2.45, 2.75) is 51.5 Å². The smallest absolute Gasteiger partial charge is 0.220 e. The monoisotopic (exact) mass is 345 g/mol. The fourth-order valence-corrected chi connectivity index (χ4v) is 4.23. The summed E-state index contributed by atoms with van der Waals surface area (Å²) in [5.74, 6) is 0.124. The molecule has 0 spiro atoms. The normalized spacial score (nSPS) is 16.4. The summed E-state index contributed by atoms with van der Waals surface area (Å²) >= 11 is 1.69. The minimum absolute atomic E-state index is 0.0337. The summed E-state index contributed by atoms with van der Waals surface area (Å²) in [6.45, 7) is 7.47. The fraction of sp³-hybridized carbons (Fsp3) is 0.579. The highest BCUT2D eigenvalue weighted by Crippen LogP contribution is 2.23. The predicted octanol–water partition coefficient (Wildman–Crippen LogP) is 3.61. The van der Waals surface area contributed by atoms with E-state index in [0.717, 1.165) is 30.0 Å². The number of rotatable bonds is 6. The SMILES string of the molecule is CC(C)(CNC(=O)CCc1nc2ccccc2s1)N1CCCCC1. The van der Waals surface area contributed by atoms with Crippen LogP contribution >= 0.6 is 11.3 Å². The van der Waals surface area contributed by atoms with E-state index in [9.17, 15) is 4.79 Å². The lowest BCUT2D eigenvalue weighted by atomic mass is 9.98. The molecule has 0 bridgehead atoms. The number of para-hydroxylation sites is 1. The molecule has 1 aliphatic rings. The molecule has 0 atom stereocenters. The van der Waals surface area contributed by atoms with Gasteiger partial charge in [0.05, 0.1) is 15.2 Å². The van der Waals surface area contributed by atoms with Crippen molar-refractivity contribution in [2.75, 3.05) is 19.6 Å². The van der Waals surface area contributed by atoms with Crippen LogP contribution in [0.2, 0.25) is 0 Å². The van der Waals surface area contributed by atoms with Gasteiger partial charge in [-0.05, 0) is 51.9 Å². The molecule has 0 aliphatic carbocycles. The molecule has 0 radical (unpaired) electrons. The maximum Gasteiger partial charge on any atom is 0.220 e. The first-order valence-electron chi connectivity index (χ1n) is 8.91. The Morgan fingerprint density at radius 1 is 1.25 bits per heavy atom. The minimum Gasteiger partial charge on any atom is -0.354 e. The number of amides is 1. The van der Waals surface area contributed by atoms with Gasteiger partial charge in [-0.2, -0.15) is 0 Å². The van der Waals surface area contributed by atoms with Gasteiger partial charge in [-0.3, -0.25) is 9.69 Å². The Morgan fingerprint density at radius 2 is 2.00 bits per heavy atom. The van der Waals surface area contributed by atoms with E-state index in [1.54, 1.807) is 11.3 Å². The van der Waals surface area contributed by atoms with Crippen molar-refractivity contribution in [3.8, 4) is 0 Å². The number of hydrogen-bond acceptors (Lipinski definition) is 4. The first kappa shape index (κ1) is 17.4. The highest BCUT2D eigenvalue weighted by atomic mass is 32.1. The minimum atomic E-state index is 0.0337. The van der Waals surface area contributed by atoms with Crippen LogP contribution < -0.4 is 5.32 Å². The summed E-state index contributed by atoms with van der Waals surface area (Å²) in [4.78, 5) is 19.3.